The summed E-state index contributed by atoms with van der Waals surface area (Å²) in [7, 11) is 1.59. The van der Waals surface area contributed by atoms with Gasteiger partial charge < -0.3 is 29.6 Å². The van der Waals surface area contributed by atoms with Gasteiger partial charge in [-0.2, -0.15) is 0 Å². The van der Waals surface area contributed by atoms with Crippen LogP contribution in [0.2, 0.25) is 0 Å². The van der Waals surface area contributed by atoms with E-state index >= 15 is 0 Å². The van der Waals surface area contributed by atoms with E-state index < -0.39 is 0 Å². The Bertz CT molecular complexity index is 656. The van der Waals surface area contributed by atoms with Crippen LogP contribution in [0.15, 0.2) is 46.0 Å². The summed E-state index contributed by atoms with van der Waals surface area (Å²) < 4.78 is 16.1. The first-order chi connectivity index (χ1) is 12.3. The van der Waals surface area contributed by atoms with Crippen molar-refractivity contribution >= 4 is 5.96 Å². The number of aliphatic hydroxyl groups is 1. The van der Waals surface area contributed by atoms with E-state index in [2.05, 4.69) is 15.6 Å². The molecule has 0 bridgehead atoms. The Labute approximate surface area is 147 Å². The van der Waals surface area contributed by atoms with Gasteiger partial charge in [0.15, 0.2) is 17.5 Å². The van der Waals surface area contributed by atoms with Crippen molar-refractivity contribution in [2.24, 2.45) is 4.99 Å². The summed E-state index contributed by atoms with van der Waals surface area (Å²) in [5.74, 6) is 2.78. The van der Waals surface area contributed by atoms with Crippen molar-refractivity contribution in [1.29, 1.82) is 0 Å². The molecule has 0 aliphatic heterocycles. The molecule has 0 saturated heterocycles. The zero-order valence-corrected chi connectivity index (χ0v) is 14.6. The molecule has 0 amide bonds. The molecule has 0 atom stereocenters. The summed E-state index contributed by atoms with van der Waals surface area (Å²) in [6.45, 7) is 4.03. The number of rotatable bonds is 9. The van der Waals surface area contributed by atoms with Gasteiger partial charge in [-0.3, -0.25) is 0 Å². The first-order valence-electron chi connectivity index (χ1n) is 8.22. The third-order valence-electron chi connectivity index (χ3n) is 3.35. The quantitative estimate of drug-likeness (QED) is 0.474. The molecule has 0 radical (unpaired) electrons. The SMILES string of the molecule is CCNC(=NCc1ccc(OCCO)c(OC)c1)NCc1ccco1. The van der Waals surface area contributed by atoms with Crippen molar-refractivity contribution in [1.82, 2.24) is 10.6 Å². The lowest BCUT2D eigenvalue weighted by Crippen LogP contribution is -2.36. The molecule has 0 unspecified atom stereocenters. The number of hydrogen-bond acceptors (Lipinski definition) is 5. The Morgan fingerprint density at radius 3 is 2.80 bits per heavy atom. The number of guanidine groups is 1. The monoisotopic (exact) mass is 347 g/mol. The molecule has 0 fully saturated rings. The number of nitrogens with zero attached hydrogens (tertiary/aromatic N) is 1. The number of aliphatic hydroxyl groups excluding tert-OH is 1. The topological polar surface area (TPSA) is 88.3 Å². The third-order valence-corrected chi connectivity index (χ3v) is 3.35. The highest BCUT2D eigenvalue weighted by Gasteiger charge is 2.06. The van der Waals surface area contributed by atoms with Crippen LogP contribution in [0.4, 0.5) is 0 Å². The van der Waals surface area contributed by atoms with Crippen molar-refractivity contribution in [2.75, 3.05) is 26.9 Å². The standard InChI is InChI=1S/C18H25N3O4/c1-3-19-18(21-13-15-5-4-9-24-15)20-12-14-6-7-16(25-10-8-22)17(11-14)23-2/h4-7,9,11,22H,3,8,10,12-13H2,1-2H3,(H2,19,20,21). The highest BCUT2D eigenvalue weighted by molar-refractivity contribution is 5.79. The Morgan fingerprint density at radius 2 is 2.12 bits per heavy atom. The van der Waals surface area contributed by atoms with Crippen LogP contribution < -0.4 is 20.1 Å². The molecule has 0 aliphatic rings. The Balaban J connectivity index is 2.00. The predicted octanol–water partition coefficient (Wildman–Crippen LogP) is 1.91. The van der Waals surface area contributed by atoms with Gasteiger partial charge in [-0.05, 0) is 36.8 Å². The molecular formula is C18H25N3O4. The molecule has 0 saturated carbocycles. The average molecular weight is 347 g/mol. The van der Waals surface area contributed by atoms with Gasteiger partial charge in [0.1, 0.15) is 12.4 Å². The van der Waals surface area contributed by atoms with Gasteiger partial charge in [0.2, 0.25) is 0 Å². The molecule has 3 N–H and O–H groups in total. The first-order valence-corrected chi connectivity index (χ1v) is 8.22. The van der Waals surface area contributed by atoms with Crippen LogP contribution in [0.25, 0.3) is 0 Å². The maximum absolute atomic E-state index is 8.86. The van der Waals surface area contributed by atoms with Crippen LogP contribution in [0.3, 0.4) is 0 Å². The normalized spacial score (nSPS) is 11.2. The number of aliphatic imine (C=N–C) groups is 1. The van der Waals surface area contributed by atoms with E-state index in [-0.39, 0.29) is 13.2 Å². The fourth-order valence-electron chi connectivity index (χ4n) is 2.18. The Hall–Kier alpha value is -2.67. The van der Waals surface area contributed by atoms with Gasteiger partial charge in [0.25, 0.3) is 0 Å². The Morgan fingerprint density at radius 1 is 1.24 bits per heavy atom. The van der Waals surface area contributed by atoms with Crippen molar-refractivity contribution in [3.8, 4) is 11.5 Å². The number of nitrogens with one attached hydrogen (secondary N) is 2. The Kier molecular flexibility index (Phi) is 7.65. The second-order valence-corrected chi connectivity index (χ2v) is 5.19. The molecule has 0 spiro atoms. The molecule has 1 aromatic carbocycles. The highest BCUT2D eigenvalue weighted by Crippen LogP contribution is 2.28. The molecular weight excluding hydrogens is 322 g/mol. The first kappa shape index (κ1) is 18.7. The summed E-state index contributed by atoms with van der Waals surface area (Å²) in [6, 6.07) is 9.39. The lowest BCUT2D eigenvalue weighted by Gasteiger charge is -2.12. The van der Waals surface area contributed by atoms with Crippen LogP contribution in [-0.4, -0.2) is 37.9 Å². The second kappa shape index (κ2) is 10.2. The lowest BCUT2D eigenvalue weighted by molar-refractivity contribution is 0.196. The van der Waals surface area contributed by atoms with E-state index in [1.54, 1.807) is 13.4 Å². The van der Waals surface area contributed by atoms with E-state index in [1.165, 1.54) is 0 Å². The number of furan rings is 1. The van der Waals surface area contributed by atoms with E-state index in [0.717, 1.165) is 17.9 Å². The molecule has 0 aliphatic carbocycles. The zero-order chi connectivity index (χ0) is 17.9. The minimum atomic E-state index is -0.0391. The average Bonchev–Trinajstić information content (AvgIpc) is 3.16. The van der Waals surface area contributed by atoms with Crippen LogP contribution in [0.5, 0.6) is 11.5 Å². The van der Waals surface area contributed by atoms with Gasteiger partial charge >= 0.3 is 0 Å². The number of ether oxygens (including phenoxy) is 2. The molecule has 7 nitrogen and oxygen atoms in total. The summed E-state index contributed by atoms with van der Waals surface area (Å²) in [4.78, 5) is 4.57. The van der Waals surface area contributed by atoms with Gasteiger partial charge in [0.05, 0.1) is 33.1 Å². The van der Waals surface area contributed by atoms with Crippen LogP contribution in [-0.2, 0) is 13.1 Å². The predicted molar refractivity (Wildman–Crippen MR) is 95.9 cm³/mol. The molecule has 25 heavy (non-hydrogen) atoms. The third kappa shape index (κ3) is 6.04. The molecule has 2 aromatic rings. The van der Waals surface area contributed by atoms with E-state index in [0.29, 0.717) is 30.5 Å². The van der Waals surface area contributed by atoms with Crippen LogP contribution in [0.1, 0.15) is 18.2 Å². The number of benzene rings is 1. The summed E-state index contributed by atoms with van der Waals surface area (Å²) in [6.07, 6.45) is 1.65. The highest BCUT2D eigenvalue weighted by atomic mass is 16.5. The van der Waals surface area contributed by atoms with E-state index in [4.69, 9.17) is 19.0 Å². The van der Waals surface area contributed by atoms with Crippen molar-refractivity contribution in [3.63, 3.8) is 0 Å². The van der Waals surface area contributed by atoms with Gasteiger partial charge in [-0.1, -0.05) is 6.07 Å². The fourth-order valence-corrected chi connectivity index (χ4v) is 2.18. The zero-order valence-electron chi connectivity index (χ0n) is 14.6. The second-order valence-electron chi connectivity index (χ2n) is 5.19. The van der Waals surface area contributed by atoms with E-state index in [1.807, 2.05) is 37.3 Å². The van der Waals surface area contributed by atoms with Crippen LogP contribution in [0, 0.1) is 0 Å². The minimum absolute atomic E-state index is 0.0391. The van der Waals surface area contributed by atoms with Crippen molar-refractivity contribution in [2.45, 2.75) is 20.0 Å². The van der Waals surface area contributed by atoms with Gasteiger partial charge in [-0.15, -0.1) is 0 Å². The van der Waals surface area contributed by atoms with Crippen molar-refractivity contribution in [3.05, 3.63) is 47.9 Å². The maximum atomic E-state index is 8.86. The lowest BCUT2D eigenvalue weighted by atomic mass is 10.2. The largest absolute Gasteiger partial charge is 0.493 e. The molecule has 1 aromatic heterocycles. The fraction of sp³-hybridized carbons (Fsp3) is 0.389. The molecule has 2 rings (SSSR count). The number of hydrogen-bond donors (Lipinski definition) is 3. The van der Waals surface area contributed by atoms with Gasteiger partial charge in [-0.25, -0.2) is 4.99 Å². The molecule has 1 heterocycles. The summed E-state index contributed by atoms with van der Waals surface area (Å²) in [5.41, 5.74) is 0.989. The van der Waals surface area contributed by atoms with Gasteiger partial charge in [0, 0.05) is 6.54 Å². The minimum Gasteiger partial charge on any atom is -0.493 e. The van der Waals surface area contributed by atoms with E-state index in [9.17, 15) is 0 Å². The molecule has 7 heteroatoms. The van der Waals surface area contributed by atoms with Crippen molar-refractivity contribution < 1.29 is 19.0 Å². The summed E-state index contributed by atoms with van der Waals surface area (Å²) in [5, 5.41) is 15.3. The van der Waals surface area contributed by atoms with Crippen LogP contribution >= 0.6 is 0 Å². The maximum Gasteiger partial charge on any atom is 0.191 e. The number of methoxy groups -OCH3 is 1. The summed E-state index contributed by atoms with van der Waals surface area (Å²) >= 11 is 0. The smallest absolute Gasteiger partial charge is 0.191 e. The molecule has 136 valence electrons.